The lowest BCUT2D eigenvalue weighted by atomic mass is 10.1. The molecule has 13 nitrogen and oxygen atoms in total. The number of hydrogen-bond acceptors (Lipinski definition) is 11. The molecule has 0 aliphatic carbocycles. The lowest BCUT2D eigenvalue weighted by Crippen LogP contribution is -2.51. The number of hydrogen-bond donors (Lipinski definition) is 2. The van der Waals surface area contributed by atoms with E-state index in [4.69, 9.17) is 9.72 Å². The van der Waals surface area contributed by atoms with Crippen LogP contribution in [-0.4, -0.2) is 110 Å². The van der Waals surface area contributed by atoms with E-state index < -0.39 is 30.3 Å². The number of pyridine rings is 1. The monoisotopic (exact) mass is 590 g/mol. The molecule has 3 atom stereocenters. The highest BCUT2D eigenvalue weighted by atomic mass is 16.5. The normalized spacial score (nSPS) is 17.6. The van der Waals surface area contributed by atoms with Gasteiger partial charge in [0, 0.05) is 65.0 Å². The molecule has 3 unspecified atom stereocenters. The van der Waals surface area contributed by atoms with Crippen LogP contribution < -0.4 is 0 Å². The van der Waals surface area contributed by atoms with Crippen molar-refractivity contribution in [3.8, 4) is 0 Å². The maximum Gasteiger partial charge on any atom is 0.320 e. The number of ketones is 3. The average Bonchev–Trinajstić information content (AvgIpc) is 2.90. The van der Waals surface area contributed by atoms with Crippen molar-refractivity contribution < 1.29 is 43.7 Å². The largest absolute Gasteiger partial charge is 0.480 e. The van der Waals surface area contributed by atoms with Gasteiger partial charge in [-0.2, -0.15) is 0 Å². The highest BCUT2D eigenvalue weighted by Crippen LogP contribution is 2.19. The van der Waals surface area contributed by atoms with Gasteiger partial charge in [0.05, 0.1) is 11.4 Å². The molecule has 2 heterocycles. The molecule has 0 radical (unpaired) electrons. The van der Waals surface area contributed by atoms with E-state index in [1.807, 2.05) is 4.90 Å². The molecule has 1 aromatic rings. The number of rotatable bonds is 16. The minimum atomic E-state index is -1.11. The minimum absolute atomic E-state index is 0.0568. The number of nitrogens with zero attached hydrogens (tertiary/aromatic N) is 4. The van der Waals surface area contributed by atoms with Gasteiger partial charge in [-0.15, -0.1) is 0 Å². The topological polar surface area (TPSA) is 175 Å². The van der Waals surface area contributed by atoms with Gasteiger partial charge in [0.15, 0.2) is 6.23 Å². The quantitative estimate of drug-likeness (QED) is 0.265. The molecule has 2 N–H and O–H groups in total. The number of fused-ring (bicyclic) bond motifs is 2. The first-order valence-electron chi connectivity index (χ1n) is 14.1. The van der Waals surface area contributed by atoms with E-state index >= 15 is 0 Å². The molecule has 0 spiro atoms. The predicted octanol–water partition coefficient (Wildman–Crippen LogP) is 1.51. The van der Waals surface area contributed by atoms with Crippen LogP contribution in [0.25, 0.3) is 0 Å². The molecular formula is C29H42N4O9. The molecule has 0 saturated heterocycles. The fourth-order valence-corrected chi connectivity index (χ4v) is 5.06. The number of carboxylic acid groups (broad SMARTS) is 2. The maximum atomic E-state index is 12.4. The lowest BCUT2D eigenvalue weighted by Gasteiger charge is -2.37. The van der Waals surface area contributed by atoms with Crippen molar-refractivity contribution in [2.75, 3.05) is 26.2 Å². The summed E-state index contributed by atoms with van der Waals surface area (Å²) in [5.74, 6) is -2.56. The first kappa shape index (κ1) is 34.7. The molecule has 232 valence electrons. The third-order valence-corrected chi connectivity index (χ3v) is 7.30. The van der Waals surface area contributed by atoms with Crippen molar-refractivity contribution in [3.05, 3.63) is 29.6 Å². The van der Waals surface area contributed by atoms with Gasteiger partial charge < -0.3 is 29.3 Å². The molecule has 0 fully saturated rings. The van der Waals surface area contributed by atoms with Crippen molar-refractivity contribution in [1.82, 2.24) is 19.7 Å². The van der Waals surface area contributed by atoms with E-state index in [1.165, 1.54) is 20.8 Å². The van der Waals surface area contributed by atoms with E-state index in [2.05, 4.69) is 0 Å². The van der Waals surface area contributed by atoms with Crippen molar-refractivity contribution in [2.24, 2.45) is 0 Å². The molecule has 2 bridgehead atoms. The van der Waals surface area contributed by atoms with Crippen molar-refractivity contribution in [3.63, 3.8) is 0 Å². The van der Waals surface area contributed by atoms with Crippen LogP contribution in [0.5, 0.6) is 0 Å². The van der Waals surface area contributed by atoms with Gasteiger partial charge in [-0.05, 0) is 45.7 Å². The standard InChI is InChI=1S/C29H42N4O9/c1-20(35)7-10-25(28(38)39)31-13-15-32(26(29(40)41)11-8-21(2)36)17-23-5-4-6-24(30-23)18-33(16-14-31)27(42-19-34)12-9-22(3)37/h4-6,19,25-27H,7-18H2,1-3H3,(H,38,39)(H,40,41). The molecule has 2 rings (SSSR count). The zero-order chi connectivity index (χ0) is 31.2. The number of Topliss-reactive ketones (excluding diaryl/α,β-unsaturated/α-hetero) is 3. The minimum Gasteiger partial charge on any atom is -0.480 e. The Morgan fingerprint density at radius 1 is 0.762 bits per heavy atom. The fourth-order valence-electron chi connectivity index (χ4n) is 5.06. The molecule has 42 heavy (non-hydrogen) atoms. The van der Waals surface area contributed by atoms with Gasteiger partial charge in [-0.25, -0.2) is 0 Å². The molecule has 13 heteroatoms. The third-order valence-electron chi connectivity index (χ3n) is 7.30. The number of aromatic nitrogens is 1. The second-order valence-corrected chi connectivity index (χ2v) is 10.7. The van der Waals surface area contributed by atoms with Crippen LogP contribution in [0.4, 0.5) is 0 Å². The van der Waals surface area contributed by atoms with Crippen molar-refractivity contribution in [2.45, 2.75) is 90.7 Å². The third kappa shape index (κ3) is 11.7. The Balaban J connectivity index is 2.53. The SMILES string of the molecule is CC(=O)CCC(OC=O)N1CCN(C(CCC(C)=O)C(=O)O)CCN(C(CCC(C)=O)C(=O)O)Cc2cccc(n2)C1. The van der Waals surface area contributed by atoms with Gasteiger partial charge in [0.2, 0.25) is 0 Å². The van der Waals surface area contributed by atoms with E-state index in [0.717, 1.165) is 0 Å². The molecule has 1 aromatic heterocycles. The second kappa shape index (κ2) is 17.4. The Bertz CT molecular complexity index is 1110. The van der Waals surface area contributed by atoms with Crippen LogP contribution in [0, 0.1) is 0 Å². The summed E-state index contributed by atoms with van der Waals surface area (Å²) in [6, 6.07) is 3.31. The smallest absolute Gasteiger partial charge is 0.320 e. The van der Waals surface area contributed by atoms with Crippen LogP contribution >= 0.6 is 0 Å². The van der Waals surface area contributed by atoms with Crippen LogP contribution in [0.2, 0.25) is 0 Å². The van der Waals surface area contributed by atoms with Crippen molar-refractivity contribution >= 4 is 35.8 Å². The van der Waals surface area contributed by atoms with Crippen molar-refractivity contribution in [1.29, 1.82) is 0 Å². The lowest BCUT2D eigenvalue weighted by molar-refractivity contribution is -0.148. The Morgan fingerprint density at radius 3 is 1.67 bits per heavy atom. The number of ether oxygens (including phenoxy) is 1. The highest BCUT2D eigenvalue weighted by Gasteiger charge is 2.32. The van der Waals surface area contributed by atoms with Gasteiger partial charge in [0.1, 0.15) is 29.4 Å². The first-order chi connectivity index (χ1) is 19.9. The van der Waals surface area contributed by atoms with Gasteiger partial charge in [-0.1, -0.05) is 6.07 Å². The fraction of sp³-hybridized carbons (Fsp3) is 0.621. The first-order valence-corrected chi connectivity index (χ1v) is 14.1. The van der Waals surface area contributed by atoms with Gasteiger partial charge >= 0.3 is 11.9 Å². The van der Waals surface area contributed by atoms with E-state index in [1.54, 1.807) is 28.0 Å². The summed E-state index contributed by atoms with van der Waals surface area (Å²) in [6.45, 7) is 5.64. The zero-order valence-electron chi connectivity index (χ0n) is 24.6. The number of carbonyl (C=O) groups is 6. The summed E-state index contributed by atoms with van der Waals surface area (Å²) in [5, 5.41) is 20.2. The zero-order valence-corrected chi connectivity index (χ0v) is 24.6. The highest BCUT2D eigenvalue weighted by molar-refractivity contribution is 5.79. The number of aliphatic carboxylic acids is 2. The summed E-state index contributed by atoms with van der Waals surface area (Å²) in [6.07, 6.45) is -0.0572. The molecule has 0 aromatic carbocycles. The molecule has 1 aliphatic rings. The molecule has 0 amide bonds. The van der Waals surface area contributed by atoms with Crippen LogP contribution in [-0.2, 0) is 46.6 Å². The van der Waals surface area contributed by atoms with Gasteiger partial charge in [0.25, 0.3) is 6.47 Å². The molecular weight excluding hydrogens is 548 g/mol. The number of carbonyl (C=O) groups excluding carboxylic acids is 4. The maximum absolute atomic E-state index is 12.4. The van der Waals surface area contributed by atoms with Crippen LogP contribution in [0.3, 0.4) is 0 Å². The Kier molecular flexibility index (Phi) is 14.4. The Labute approximate surface area is 245 Å². The average molecular weight is 591 g/mol. The van der Waals surface area contributed by atoms with E-state index in [9.17, 15) is 39.0 Å². The molecule has 0 saturated carbocycles. The summed E-state index contributed by atoms with van der Waals surface area (Å²) in [4.78, 5) is 81.1. The Hall–Kier alpha value is -3.55. The van der Waals surface area contributed by atoms with E-state index in [-0.39, 0.29) is 95.1 Å². The van der Waals surface area contributed by atoms with Gasteiger partial charge in [-0.3, -0.25) is 34.1 Å². The summed E-state index contributed by atoms with van der Waals surface area (Å²) >= 11 is 0. The predicted molar refractivity (Wildman–Crippen MR) is 150 cm³/mol. The summed E-state index contributed by atoms with van der Waals surface area (Å²) in [5.41, 5.74) is 1.19. The van der Waals surface area contributed by atoms with Crippen LogP contribution in [0.1, 0.15) is 70.7 Å². The second-order valence-electron chi connectivity index (χ2n) is 10.7. The summed E-state index contributed by atoms with van der Waals surface area (Å²) < 4.78 is 5.36. The van der Waals surface area contributed by atoms with Crippen LogP contribution in [0.15, 0.2) is 18.2 Å². The Morgan fingerprint density at radius 2 is 1.19 bits per heavy atom. The molecule has 1 aliphatic heterocycles. The summed E-state index contributed by atoms with van der Waals surface area (Å²) in [7, 11) is 0. The van der Waals surface area contributed by atoms with E-state index in [0.29, 0.717) is 17.9 Å². The number of carboxylic acids is 2.